The summed E-state index contributed by atoms with van der Waals surface area (Å²) in [6, 6.07) is 0. The first-order chi connectivity index (χ1) is 23.0. The van der Waals surface area contributed by atoms with Gasteiger partial charge in [-0.15, -0.1) is 0 Å². The van der Waals surface area contributed by atoms with Crippen molar-refractivity contribution in [3.8, 4) is 0 Å². The van der Waals surface area contributed by atoms with Gasteiger partial charge in [0.1, 0.15) is 10.5 Å². The molecule has 9 rings (SSSR count). The van der Waals surface area contributed by atoms with Crippen LogP contribution in [0.15, 0.2) is 0 Å². The molecule has 0 amide bonds. The summed E-state index contributed by atoms with van der Waals surface area (Å²) in [4.78, 5) is 0. The fraction of sp³-hybridized carbons (Fsp3) is 1.00. The zero-order valence-electron chi connectivity index (χ0n) is 28.0. The second-order valence-corrected chi connectivity index (χ2v) is 20.1. The van der Waals surface area contributed by atoms with Gasteiger partial charge in [-0.3, -0.25) is 51.6 Å². The molecule has 8 bridgehead atoms. The molecule has 49 heavy (non-hydrogen) atoms. The van der Waals surface area contributed by atoms with Gasteiger partial charge in [0.2, 0.25) is 0 Å². The van der Waals surface area contributed by atoms with E-state index in [-0.39, 0.29) is 72.3 Å². The second-order valence-electron chi connectivity index (χ2n) is 16.8. The van der Waals surface area contributed by atoms with Gasteiger partial charge < -0.3 is 0 Å². The van der Waals surface area contributed by atoms with Gasteiger partial charge >= 0.3 is 0 Å². The van der Waals surface area contributed by atoms with Crippen molar-refractivity contribution < 1.29 is 42.7 Å². The van der Waals surface area contributed by atoms with Gasteiger partial charge in [0.15, 0.2) is 0 Å². The molecule has 17 heteroatoms. The molecule has 9 aliphatic rings. The molecule has 0 aromatic heterocycles. The Bertz CT molecular complexity index is 1450. The van der Waals surface area contributed by atoms with Crippen LogP contribution in [0.25, 0.3) is 0 Å². The number of nitrogens with one attached hydrogen (secondary N) is 8. The first-order valence-electron chi connectivity index (χ1n) is 19.1. The van der Waals surface area contributed by atoms with Crippen molar-refractivity contribution in [3.63, 3.8) is 0 Å². The number of hydrogen-bond acceptors (Lipinski definition) is 12. The summed E-state index contributed by atoms with van der Waals surface area (Å²) in [6.07, 6.45) is 14.1. The van der Waals surface area contributed by atoms with Crippen molar-refractivity contribution in [2.24, 2.45) is 47.3 Å². The maximum absolute atomic E-state index is 13.1. The van der Waals surface area contributed by atoms with E-state index < -0.39 is 42.8 Å². The van der Waals surface area contributed by atoms with E-state index in [0.717, 1.165) is 32.1 Å². The van der Waals surface area contributed by atoms with Crippen LogP contribution < -0.4 is 42.5 Å². The van der Waals surface area contributed by atoms with Gasteiger partial charge in [-0.1, -0.05) is 38.5 Å². The Hall–Kier alpha value is 0.00649. The fourth-order valence-corrected chi connectivity index (χ4v) is 15.7. The van der Waals surface area contributed by atoms with Crippen molar-refractivity contribution in [3.05, 3.63) is 0 Å². The third-order valence-electron chi connectivity index (χ3n) is 14.6. The van der Waals surface area contributed by atoms with Crippen LogP contribution in [0.1, 0.15) is 89.9 Å². The van der Waals surface area contributed by atoms with E-state index in [1.807, 2.05) is 0 Å². The molecule has 0 spiro atoms. The number of hydrogen-bond donors (Lipinski definition) is 10. The Morgan fingerprint density at radius 3 is 0.939 bits per heavy atom. The summed E-state index contributed by atoms with van der Waals surface area (Å²) < 4.78 is 72.3. The van der Waals surface area contributed by atoms with E-state index in [1.54, 1.807) is 0 Å². The zero-order valence-corrected chi connectivity index (χ0v) is 30.6. The standard InChI is InChI=1S/C32H56N8O6S2.Co/c41-47(42,43)22-14-13-21-23(24(22)48(44,45)46)32-39-30-20-12-6-5-11-19(20)28(37-30)35-26-16-8-2-1-7-15(16)25(33-26)34-27-17-9-3-4-10-18(17)29(36-27)38-31(21)40-32;/h15-40H,1-14H2,(H,41,42,43)(H,44,45,46);. The average Bonchev–Trinajstić information content (AvgIpc) is 3.79. The maximum atomic E-state index is 13.1. The Morgan fingerprint density at radius 2 is 0.653 bits per heavy atom. The number of rotatable bonds is 2. The Kier molecular flexibility index (Phi) is 10.1. The predicted octanol–water partition coefficient (Wildman–Crippen LogP) is 0.336. The summed E-state index contributed by atoms with van der Waals surface area (Å²) >= 11 is 0. The molecule has 18 unspecified atom stereocenters. The molecule has 5 saturated heterocycles. The quantitative estimate of drug-likeness (QED) is 0.172. The zero-order chi connectivity index (χ0) is 32.9. The summed E-state index contributed by atoms with van der Waals surface area (Å²) in [5, 5.41) is 28.3. The van der Waals surface area contributed by atoms with Gasteiger partial charge in [-0.2, -0.15) is 16.8 Å². The van der Waals surface area contributed by atoms with Crippen molar-refractivity contribution in [2.75, 3.05) is 0 Å². The third kappa shape index (κ3) is 6.40. The van der Waals surface area contributed by atoms with Crippen LogP contribution in [-0.2, 0) is 37.0 Å². The molecule has 1 radical (unpaired) electrons. The molecule has 5 heterocycles. The van der Waals surface area contributed by atoms with Gasteiger partial charge in [0, 0.05) is 22.7 Å². The van der Waals surface area contributed by atoms with E-state index >= 15 is 0 Å². The smallest absolute Gasteiger partial charge is 0.269 e. The van der Waals surface area contributed by atoms with Crippen LogP contribution in [-0.4, -0.2) is 85.8 Å². The molecule has 10 N–H and O–H groups in total. The van der Waals surface area contributed by atoms with E-state index in [9.17, 15) is 25.9 Å². The number of fused-ring (bicyclic) bond motifs is 20. The van der Waals surface area contributed by atoms with Gasteiger partial charge in [0.05, 0.1) is 49.3 Å². The van der Waals surface area contributed by atoms with E-state index in [4.69, 9.17) is 0 Å². The van der Waals surface area contributed by atoms with Crippen molar-refractivity contribution in [2.45, 2.75) is 150 Å². The monoisotopic (exact) mass is 771 g/mol. The predicted molar refractivity (Wildman–Crippen MR) is 179 cm³/mol. The van der Waals surface area contributed by atoms with Crippen LogP contribution in [0.5, 0.6) is 0 Å². The minimum atomic E-state index is -4.83. The van der Waals surface area contributed by atoms with Crippen molar-refractivity contribution in [1.82, 2.24) is 42.5 Å². The topological polar surface area (TPSA) is 205 Å². The molecule has 0 aromatic carbocycles. The normalized spacial score (nSPS) is 52.7. The van der Waals surface area contributed by atoms with Crippen LogP contribution in [0.3, 0.4) is 0 Å². The minimum Gasteiger partial charge on any atom is -0.286 e. The molecular formula is C32H56CoN8O6S2. The van der Waals surface area contributed by atoms with Crippen molar-refractivity contribution >= 4 is 20.2 Å². The molecule has 9 fully saturated rings. The summed E-state index contributed by atoms with van der Waals surface area (Å²) in [7, 11) is -9.55. The Labute approximate surface area is 301 Å². The van der Waals surface area contributed by atoms with Gasteiger partial charge in [-0.25, -0.2) is 0 Å². The van der Waals surface area contributed by atoms with E-state index in [2.05, 4.69) is 42.5 Å². The Balaban J connectivity index is 0.00000348. The minimum absolute atomic E-state index is 0. The molecular weight excluding hydrogens is 715 g/mol. The van der Waals surface area contributed by atoms with Crippen LogP contribution in [0, 0.1) is 47.3 Å². The summed E-state index contributed by atoms with van der Waals surface area (Å²) in [5.74, 6) is 1.70. The average molecular weight is 772 g/mol. The summed E-state index contributed by atoms with van der Waals surface area (Å²) in [6.45, 7) is 0. The first kappa shape index (κ1) is 36.0. The molecule has 281 valence electrons. The Morgan fingerprint density at radius 1 is 0.367 bits per heavy atom. The first-order valence-corrected chi connectivity index (χ1v) is 22.1. The molecule has 4 aliphatic carbocycles. The van der Waals surface area contributed by atoms with E-state index in [1.165, 1.54) is 44.9 Å². The van der Waals surface area contributed by atoms with Gasteiger partial charge in [-0.05, 0) is 92.8 Å². The molecule has 14 nitrogen and oxygen atoms in total. The SMILES string of the molecule is O=S(=O)(O)C1CCC2C3NC4NC(NC5NC(NC6NC(NC(N3)C2C1S(=O)(=O)O)C1CCCCC61)C1CCCCC51)C1CCCCC41.[Co]. The largest absolute Gasteiger partial charge is 0.286 e. The third-order valence-corrected chi connectivity index (χ3v) is 17.4. The fourth-order valence-electron chi connectivity index (χ4n) is 12.7. The van der Waals surface area contributed by atoms with Crippen molar-refractivity contribution in [1.29, 1.82) is 0 Å². The molecule has 18 atom stereocenters. The van der Waals surface area contributed by atoms with Gasteiger partial charge in [0.25, 0.3) is 20.2 Å². The molecule has 4 saturated carbocycles. The molecule has 5 aliphatic heterocycles. The van der Waals surface area contributed by atoms with E-state index in [0.29, 0.717) is 41.9 Å². The maximum Gasteiger partial charge on any atom is 0.269 e. The molecule has 0 aromatic rings. The second kappa shape index (κ2) is 13.7. The van der Waals surface area contributed by atoms with Crippen LogP contribution in [0.2, 0.25) is 0 Å². The van der Waals surface area contributed by atoms with Crippen LogP contribution in [0.4, 0.5) is 0 Å². The summed E-state index contributed by atoms with van der Waals surface area (Å²) in [5.41, 5.74) is 0. The van der Waals surface area contributed by atoms with Crippen LogP contribution >= 0.6 is 0 Å².